The normalized spacial score (nSPS) is 11.8. The molecule has 0 amide bonds. The minimum atomic E-state index is -4.07. The van der Waals surface area contributed by atoms with E-state index in [2.05, 4.69) is 4.99 Å². The van der Waals surface area contributed by atoms with Crippen LogP contribution in [0, 0.1) is 13.8 Å². The summed E-state index contributed by atoms with van der Waals surface area (Å²) in [7, 11) is -4.07. The van der Waals surface area contributed by atoms with Gasteiger partial charge in [0.25, 0.3) is 0 Å². The number of benzene rings is 3. The Labute approximate surface area is 184 Å². The largest absolute Gasteiger partial charge is 0.376 e. The third kappa shape index (κ3) is 5.31. The maximum Gasteiger partial charge on any atom is 0.339 e. The van der Waals surface area contributed by atoms with Crippen molar-refractivity contribution < 1.29 is 12.6 Å². The van der Waals surface area contributed by atoms with Crippen molar-refractivity contribution in [3.05, 3.63) is 86.4 Å². The van der Waals surface area contributed by atoms with Crippen molar-refractivity contribution in [3.63, 3.8) is 0 Å². The van der Waals surface area contributed by atoms with Crippen molar-refractivity contribution in [2.45, 2.75) is 18.7 Å². The Morgan fingerprint density at radius 1 is 0.862 bits per heavy atom. The molecule has 0 bridgehead atoms. The van der Waals surface area contributed by atoms with Gasteiger partial charge in [-0.15, -0.1) is 0 Å². The van der Waals surface area contributed by atoms with E-state index in [9.17, 15) is 8.42 Å². The van der Waals surface area contributed by atoms with Gasteiger partial charge in [0.05, 0.1) is 15.7 Å². The highest BCUT2D eigenvalue weighted by atomic mass is 35.5. The summed E-state index contributed by atoms with van der Waals surface area (Å²) in [4.78, 5) is 4.35. The van der Waals surface area contributed by atoms with Gasteiger partial charge in [-0.2, -0.15) is 8.42 Å². The van der Waals surface area contributed by atoms with Crippen LogP contribution in [0.1, 0.15) is 16.7 Å². The number of aliphatic imine (C=N–C) groups is 1. The lowest BCUT2D eigenvalue weighted by Gasteiger charge is -2.11. The van der Waals surface area contributed by atoms with E-state index in [0.717, 1.165) is 11.1 Å². The lowest BCUT2D eigenvalue weighted by Crippen LogP contribution is -2.10. The SMILES string of the molecule is Cc1ccc(S(=O)(=O)Oc2c(Cl)cc(C=Nc3ccc(C)c(Cl)c3)cc2Cl)cc1. The molecule has 0 aliphatic rings. The van der Waals surface area contributed by atoms with E-state index in [1.54, 1.807) is 24.4 Å². The lowest BCUT2D eigenvalue weighted by atomic mass is 10.2. The molecule has 0 aliphatic carbocycles. The van der Waals surface area contributed by atoms with Gasteiger partial charge in [-0.1, -0.05) is 58.6 Å². The molecule has 0 spiro atoms. The number of hydrogen-bond donors (Lipinski definition) is 0. The van der Waals surface area contributed by atoms with E-state index < -0.39 is 10.1 Å². The maximum atomic E-state index is 12.5. The number of halogens is 3. The van der Waals surface area contributed by atoms with Crippen LogP contribution in [0.15, 0.2) is 64.5 Å². The standard InChI is InChI=1S/C21H16Cl3NO3S/c1-13-3-7-17(8-4-13)29(26,27)28-21-19(23)9-15(10-20(21)24)12-25-16-6-5-14(2)18(22)11-16/h3-12H,1-2H3. The fraction of sp³-hybridized carbons (Fsp3) is 0.0952. The van der Waals surface area contributed by atoms with Gasteiger partial charge < -0.3 is 4.18 Å². The molecule has 0 heterocycles. The summed E-state index contributed by atoms with van der Waals surface area (Å²) in [5, 5.41) is 0.717. The molecule has 4 nitrogen and oxygen atoms in total. The first-order valence-corrected chi connectivity index (χ1v) is 11.0. The predicted molar refractivity (Wildman–Crippen MR) is 119 cm³/mol. The zero-order chi connectivity index (χ0) is 21.2. The maximum absolute atomic E-state index is 12.5. The van der Waals surface area contributed by atoms with E-state index in [0.29, 0.717) is 16.3 Å². The van der Waals surface area contributed by atoms with E-state index in [-0.39, 0.29) is 20.7 Å². The van der Waals surface area contributed by atoms with Crippen molar-refractivity contribution in [2.75, 3.05) is 0 Å². The minimum Gasteiger partial charge on any atom is -0.376 e. The van der Waals surface area contributed by atoms with Crippen LogP contribution in [-0.4, -0.2) is 14.6 Å². The second kappa shape index (κ2) is 8.76. The van der Waals surface area contributed by atoms with Crippen LogP contribution in [0.3, 0.4) is 0 Å². The Bertz CT molecular complexity index is 1170. The summed E-state index contributed by atoms with van der Waals surface area (Å²) < 4.78 is 30.2. The molecular weight excluding hydrogens is 453 g/mol. The van der Waals surface area contributed by atoms with Crippen LogP contribution in [0.2, 0.25) is 15.1 Å². The van der Waals surface area contributed by atoms with Gasteiger partial charge in [-0.3, -0.25) is 4.99 Å². The van der Waals surface area contributed by atoms with Gasteiger partial charge in [-0.25, -0.2) is 0 Å². The quantitative estimate of drug-likeness (QED) is 0.306. The van der Waals surface area contributed by atoms with Gasteiger partial charge >= 0.3 is 10.1 Å². The zero-order valence-corrected chi connectivity index (χ0v) is 18.6. The summed E-state index contributed by atoms with van der Waals surface area (Å²) >= 11 is 18.5. The topological polar surface area (TPSA) is 55.7 Å². The number of nitrogens with zero attached hydrogens (tertiary/aromatic N) is 1. The first kappa shape index (κ1) is 21.7. The lowest BCUT2D eigenvalue weighted by molar-refractivity contribution is 0.486. The number of rotatable bonds is 5. The minimum absolute atomic E-state index is 0.0112. The van der Waals surface area contributed by atoms with Gasteiger partial charge in [0.1, 0.15) is 4.90 Å². The second-order valence-electron chi connectivity index (χ2n) is 6.36. The molecule has 0 saturated carbocycles. The Balaban J connectivity index is 1.86. The van der Waals surface area contributed by atoms with Gasteiger partial charge in [0.2, 0.25) is 0 Å². The van der Waals surface area contributed by atoms with E-state index in [1.807, 2.05) is 26.0 Å². The predicted octanol–water partition coefficient (Wildman–Crippen LogP) is 6.78. The molecule has 0 fully saturated rings. The van der Waals surface area contributed by atoms with Crippen molar-refractivity contribution in [3.8, 4) is 5.75 Å². The van der Waals surface area contributed by atoms with Crippen LogP contribution >= 0.6 is 34.8 Å². The Morgan fingerprint density at radius 2 is 1.48 bits per heavy atom. The molecular formula is C21H16Cl3NO3S. The molecule has 3 aromatic carbocycles. The van der Waals surface area contributed by atoms with Crippen molar-refractivity contribution in [1.29, 1.82) is 0 Å². The smallest absolute Gasteiger partial charge is 0.339 e. The van der Waals surface area contributed by atoms with Crippen molar-refractivity contribution in [1.82, 2.24) is 0 Å². The molecule has 8 heteroatoms. The number of aryl methyl sites for hydroxylation is 2. The third-order valence-electron chi connectivity index (χ3n) is 4.04. The van der Waals surface area contributed by atoms with Crippen LogP contribution in [0.25, 0.3) is 0 Å². The van der Waals surface area contributed by atoms with Gasteiger partial charge in [0.15, 0.2) is 5.75 Å². The van der Waals surface area contributed by atoms with E-state index in [1.165, 1.54) is 24.3 Å². The average Bonchev–Trinajstić information content (AvgIpc) is 2.66. The third-order valence-corrected chi connectivity index (χ3v) is 6.25. The molecule has 0 aromatic heterocycles. The number of hydrogen-bond acceptors (Lipinski definition) is 4. The van der Waals surface area contributed by atoms with Crippen LogP contribution in [-0.2, 0) is 10.1 Å². The van der Waals surface area contributed by atoms with Crippen LogP contribution in [0.5, 0.6) is 5.75 Å². The summed E-state index contributed by atoms with van der Waals surface area (Å²) in [6.07, 6.45) is 1.55. The molecule has 0 saturated heterocycles. The Hall–Kier alpha value is -2.05. The molecule has 29 heavy (non-hydrogen) atoms. The van der Waals surface area contributed by atoms with Crippen LogP contribution in [0.4, 0.5) is 5.69 Å². The molecule has 3 aromatic rings. The molecule has 0 radical (unpaired) electrons. The Morgan fingerprint density at radius 3 is 2.07 bits per heavy atom. The van der Waals surface area contributed by atoms with Crippen molar-refractivity contribution in [2.24, 2.45) is 4.99 Å². The highest BCUT2D eigenvalue weighted by Crippen LogP contribution is 2.36. The summed E-state index contributed by atoms with van der Waals surface area (Å²) in [5.41, 5.74) is 3.12. The van der Waals surface area contributed by atoms with Crippen molar-refractivity contribution >= 4 is 56.8 Å². The van der Waals surface area contributed by atoms with E-state index in [4.69, 9.17) is 39.0 Å². The fourth-order valence-electron chi connectivity index (χ4n) is 2.41. The second-order valence-corrected chi connectivity index (χ2v) is 9.12. The summed E-state index contributed by atoms with van der Waals surface area (Å²) in [5.74, 6) is -0.135. The average molecular weight is 469 g/mol. The molecule has 150 valence electrons. The molecule has 3 rings (SSSR count). The molecule has 0 unspecified atom stereocenters. The first-order valence-electron chi connectivity index (χ1n) is 8.46. The molecule has 0 N–H and O–H groups in total. The highest BCUT2D eigenvalue weighted by molar-refractivity contribution is 7.87. The highest BCUT2D eigenvalue weighted by Gasteiger charge is 2.20. The Kier molecular flexibility index (Phi) is 6.54. The van der Waals surface area contributed by atoms with Gasteiger partial charge in [0, 0.05) is 11.2 Å². The first-order chi connectivity index (χ1) is 13.7. The van der Waals surface area contributed by atoms with Gasteiger partial charge in [-0.05, 0) is 61.4 Å². The van der Waals surface area contributed by atoms with Crippen LogP contribution < -0.4 is 4.18 Å². The molecule has 0 atom stereocenters. The molecule has 0 aliphatic heterocycles. The summed E-state index contributed by atoms with van der Waals surface area (Å²) in [6, 6.07) is 14.7. The fourth-order valence-corrected chi connectivity index (χ4v) is 4.22. The summed E-state index contributed by atoms with van der Waals surface area (Å²) in [6.45, 7) is 3.76. The van der Waals surface area contributed by atoms with E-state index >= 15 is 0 Å². The monoisotopic (exact) mass is 467 g/mol. The zero-order valence-electron chi connectivity index (χ0n) is 15.5.